The Balaban J connectivity index is 1.63. The molecule has 0 spiro atoms. The van der Waals surface area contributed by atoms with Crippen LogP contribution in [0.25, 0.3) is 0 Å². The lowest BCUT2D eigenvalue weighted by Crippen LogP contribution is -2.44. The van der Waals surface area contributed by atoms with Crippen LogP contribution in [0.3, 0.4) is 0 Å². The molecule has 1 fully saturated rings. The van der Waals surface area contributed by atoms with Crippen LogP contribution in [-0.2, 0) is 0 Å². The number of likely N-dealkylation sites (tertiary alicyclic amines) is 1. The maximum absolute atomic E-state index is 12.3. The fourth-order valence-electron chi connectivity index (χ4n) is 2.29. The van der Waals surface area contributed by atoms with Crippen molar-refractivity contribution < 1.29 is 9.53 Å². The largest absolute Gasteiger partial charge is 0.472 e. The molecule has 1 saturated heterocycles. The fraction of sp³-hybridized carbons (Fsp3) is 0.357. The van der Waals surface area contributed by atoms with Gasteiger partial charge in [-0.3, -0.25) is 4.79 Å². The van der Waals surface area contributed by atoms with Crippen molar-refractivity contribution in [3.8, 4) is 5.88 Å². The normalized spacial score (nSPS) is 18.8. The van der Waals surface area contributed by atoms with E-state index in [9.17, 15) is 4.79 Å². The molecule has 0 bridgehead atoms. The lowest BCUT2D eigenvalue weighted by molar-refractivity contribution is 0.0531. The molecule has 104 valence electrons. The van der Waals surface area contributed by atoms with E-state index in [-0.39, 0.29) is 12.0 Å². The van der Waals surface area contributed by atoms with Crippen LogP contribution in [0.1, 0.15) is 22.5 Å². The summed E-state index contributed by atoms with van der Waals surface area (Å²) in [6.07, 6.45) is 5.01. The van der Waals surface area contributed by atoms with Gasteiger partial charge in [-0.25, -0.2) is 9.97 Å². The second-order valence-corrected chi connectivity index (χ2v) is 5.61. The molecule has 1 atom stereocenters. The highest BCUT2D eigenvalue weighted by Gasteiger charge is 2.26. The van der Waals surface area contributed by atoms with Crippen LogP contribution in [-0.4, -0.2) is 40.0 Å². The van der Waals surface area contributed by atoms with Crippen LogP contribution >= 0.6 is 11.3 Å². The molecule has 5 nitrogen and oxygen atoms in total. The number of rotatable bonds is 3. The van der Waals surface area contributed by atoms with Crippen molar-refractivity contribution in [2.75, 3.05) is 13.1 Å². The molecular formula is C14H15N3O2S. The minimum absolute atomic E-state index is 0.00237. The Labute approximate surface area is 121 Å². The number of carbonyl (C=O) groups is 1. The van der Waals surface area contributed by atoms with Gasteiger partial charge in [-0.15, -0.1) is 11.3 Å². The number of nitrogens with zero attached hydrogens (tertiary/aromatic N) is 3. The lowest BCUT2D eigenvalue weighted by Gasteiger charge is -2.32. The van der Waals surface area contributed by atoms with E-state index < -0.39 is 0 Å². The quantitative estimate of drug-likeness (QED) is 0.869. The Morgan fingerprint density at radius 1 is 1.45 bits per heavy atom. The number of thiophene rings is 1. The van der Waals surface area contributed by atoms with Crippen LogP contribution in [0.4, 0.5) is 0 Å². The molecule has 1 aliphatic heterocycles. The highest BCUT2D eigenvalue weighted by Crippen LogP contribution is 2.19. The molecule has 0 aliphatic carbocycles. The van der Waals surface area contributed by atoms with Crippen LogP contribution < -0.4 is 4.74 Å². The molecule has 2 aromatic heterocycles. The third-order valence-electron chi connectivity index (χ3n) is 3.24. The van der Waals surface area contributed by atoms with Gasteiger partial charge in [0.25, 0.3) is 5.91 Å². The van der Waals surface area contributed by atoms with Crippen molar-refractivity contribution in [1.82, 2.24) is 14.9 Å². The number of ether oxygens (including phenoxy) is 1. The molecule has 20 heavy (non-hydrogen) atoms. The molecule has 0 unspecified atom stereocenters. The first-order chi connectivity index (χ1) is 9.83. The Hall–Kier alpha value is -1.95. The van der Waals surface area contributed by atoms with Gasteiger partial charge in [-0.2, -0.15) is 0 Å². The third-order valence-corrected chi connectivity index (χ3v) is 4.10. The van der Waals surface area contributed by atoms with Crippen molar-refractivity contribution in [3.05, 3.63) is 41.0 Å². The van der Waals surface area contributed by atoms with Gasteiger partial charge in [0.1, 0.15) is 12.4 Å². The molecule has 1 amide bonds. The maximum atomic E-state index is 12.3. The minimum atomic E-state index is 0.00237. The van der Waals surface area contributed by atoms with Crippen LogP contribution in [0.5, 0.6) is 5.88 Å². The van der Waals surface area contributed by atoms with Gasteiger partial charge in [-0.1, -0.05) is 6.07 Å². The Morgan fingerprint density at radius 2 is 2.40 bits per heavy atom. The number of hydrogen-bond acceptors (Lipinski definition) is 5. The summed E-state index contributed by atoms with van der Waals surface area (Å²) in [6.45, 7) is 1.40. The van der Waals surface area contributed by atoms with E-state index in [0.717, 1.165) is 24.3 Å². The molecule has 2 aromatic rings. The summed E-state index contributed by atoms with van der Waals surface area (Å²) in [7, 11) is 0. The molecule has 0 N–H and O–H groups in total. The smallest absolute Gasteiger partial charge is 0.264 e. The zero-order chi connectivity index (χ0) is 13.8. The van der Waals surface area contributed by atoms with Crippen LogP contribution in [0.2, 0.25) is 0 Å². The summed E-state index contributed by atoms with van der Waals surface area (Å²) >= 11 is 1.48. The van der Waals surface area contributed by atoms with Gasteiger partial charge >= 0.3 is 0 Å². The first-order valence-corrected chi connectivity index (χ1v) is 7.46. The molecule has 0 radical (unpaired) electrons. The zero-order valence-corrected chi connectivity index (χ0v) is 11.8. The Kier molecular flexibility index (Phi) is 3.92. The molecule has 3 heterocycles. The van der Waals surface area contributed by atoms with Crippen molar-refractivity contribution in [3.63, 3.8) is 0 Å². The number of amides is 1. The SMILES string of the molecule is O=C(c1cccs1)N1CCC[C@@H](Oc2ccncn2)C1. The summed E-state index contributed by atoms with van der Waals surface area (Å²) < 4.78 is 5.81. The van der Waals surface area contributed by atoms with Crippen molar-refractivity contribution in [2.45, 2.75) is 18.9 Å². The Morgan fingerprint density at radius 3 is 3.15 bits per heavy atom. The highest BCUT2D eigenvalue weighted by molar-refractivity contribution is 7.12. The molecule has 1 aliphatic rings. The van der Waals surface area contributed by atoms with Crippen LogP contribution in [0.15, 0.2) is 36.1 Å². The molecule has 3 rings (SSSR count). The molecule has 0 saturated carbocycles. The zero-order valence-electron chi connectivity index (χ0n) is 10.9. The van der Waals surface area contributed by atoms with Gasteiger partial charge in [0.05, 0.1) is 11.4 Å². The van der Waals surface area contributed by atoms with Gasteiger partial charge in [0.15, 0.2) is 0 Å². The number of aromatic nitrogens is 2. The average Bonchev–Trinajstić information content (AvgIpc) is 3.02. The number of piperidine rings is 1. The first kappa shape index (κ1) is 13.1. The predicted molar refractivity (Wildman–Crippen MR) is 75.9 cm³/mol. The Bertz CT molecular complexity index is 559. The van der Waals surface area contributed by atoms with Gasteiger partial charge < -0.3 is 9.64 Å². The number of hydrogen-bond donors (Lipinski definition) is 0. The van der Waals surface area contributed by atoms with Gasteiger partial charge in [0, 0.05) is 18.8 Å². The standard InChI is InChI=1S/C14H15N3O2S/c18-14(12-4-2-8-20-12)17-7-1-3-11(9-17)19-13-5-6-15-10-16-13/h2,4-6,8,10-11H,1,3,7,9H2/t11-/m1/s1. The van der Waals surface area contributed by atoms with Crippen molar-refractivity contribution in [2.24, 2.45) is 0 Å². The number of carbonyl (C=O) groups excluding carboxylic acids is 1. The molecule has 6 heteroatoms. The summed E-state index contributed by atoms with van der Waals surface area (Å²) in [5, 5.41) is 1.92. The second-order valence-electron chi connectivity index (χ2n) is 4.66. The van der Waals surface area contributed by atoms with Crippen molar-refractivity contribution in [1.29, 1.82) is 0 Å². The second kappa shape index (κ2) is 6.00. The van der Waals surface area contributed by atoms with E-state index in [4.69, 9.17) is 4.74 Å². The summed E-state index contributed by atoms with van der Waals surface area (Å²) in [6, 6.07) is 5.50. The van der Waals surface area contributed by atoms with E-state index in [1.807, 2.05) is 22.4 Å². The first-order valence-electron chi connectivity index (χ1n) is 6.58. The van der Waals surface area contributed by atoms with E-state index in [1.54, 1.807) is 12.3 Å². The summed E-state index contributed by atoms with van der Waals surface area (Å²) in [5.41, 5.74) is 0. The molecule has 0 aromatic carbocycles. The van der Waals surface area contributed by atoms with E-state index in [2.05, 4.69) is 9.97 Å². The summed E-state index contributed by atoms with van der Waals surface area (Å²) in [4.78, 5) is 22.9. The van der Waals surface area contributed by atoms with E-state index in [1.165, 1.54) is 17.7 Å². The van der Waals surface area contributed by atoms with Crippen LogP contribution in [0, 0.1) is 0 Å². The minimum Gasteiger partial charge on any atom is -0.472 e. The van der Waals surface area contributed by atoms with Gasteiger partial charge in [-0.05, 0) is 24.3 Å². The summed E-state index contributed by atoms with van der Waals surface area (Å²) in [5.74, 6) is 0.659. The fourth-order valence-corrected chi connectivity index (χ4v) is 2.98. The predicted octanol–water partition coefficient (Wildman–Crippen LogP) is 2.22. The van der Waals surface area contributed by atoms with Crippen molar-refractivity contribution >= 4 is 17.2 Å². The molecular weight excluding hydrogens is 274 g/mol. The maximum Gasteiger partial charge on any atom is 0.264 e. The average molecular weight is 289 g/mol. The van der Waals surface area contributed by atoms with E-state index in [0.29, 0.717) is 12.4 Å². The van der Waals surface area contributed by atoms with E-state index >= 15 is 0 Å². The monoisotopic (exact) mass is 289 g/mol. The topological polar surface area (TPSA) is 55.3 Å². The third kappa shape index (κ3) is 2.96. The highest BCUT2D eigenvalue weighted by atomic mass is 32.1. The lowest BCUT2D eigenvalue weighted by atomic mass is 10.1. The van der Waals surface area contributed by atoms with Gasteiger partial charge in [0.2, 0.25) is 5.88 Å².